The Morgan fingerprint density at radius 2 is 1.15 bits per heavy atom. The smallest absolute Gasteiger partial charge is 0.0790 e. The molecule has 1 heteroatoms. The van der Waals surface area contributed by atoms with Crippen molar-refractivity contribution in [2.75, 3.05) is 0 Å². The van der Waals surface area contributed by atoms with Crippen molar-refractivity contribution in [1.29, 1.82) is 0 Å². The normalized spacial score (nSPS) is 14.9. The molecular weight excluding hydrogens is 410 g/mol. The van der Waals surface area contributed by atoms with E-state index in [1.807, 2.05) is 0 Å². The van der Waals surface area contributed by atoms with Crippen LogP contribution in [0.1, 0.15) is 43.7 Å². The average Bonchev–Trinajstić information content (AvgIpc) is 3.26. The first-order valence-electron chi connectivity index (χ1n) is 12.6. The molecule has 0 unspecified atom stereocenters. The molecule has 0 saturated heterocycles. The molecule has 5 aromatic rings. The summed E-state index contributed by atoms with van der Waals surface area (Å²) in [6, 6.07) is 35.3. The predicted molar refractivity (Wildman–Crippen MR) is 143 cm³/mol. The van der Waals surface area contributed by atoms with Crippen LogP contribution in [0.2, 0.25) is 0 Å². The lowest BCUT2D eigenvalue weighted by Gasteiger charge is -2.27. The van der Waals surface area contributed by atoms with Crippen molar-refractivity contribution in [1.82, 2.24) is 4.98 Å². The fourth-order valence-corrected chi connectivity index (χ4v) is 6.27. The molecule has 0 spiro atoms. The molecule has 1 fully saturated rings. The molecule has 164 valence electrons. The lowest BCUT2D eigenvalue weighted by molar-refractivity contribution is 0.438. The van der Waals surface area contributed by atoms with E-state index in [4.69, 9.17) is 4.98 Å². The van der Waals surface area contributed by atoms with Crippen LogP contribution in [0, 0.1) is 0 Å². The van der Waals surface area contributed by atoms with Gasteiger partial charge >= 0.3 is 0 Å². The molecule has 2 aliphatic carbocycles. The van der Waals surface area contributed by atoms with Crippen LogP contribution in [0.4, 0.5) is 0 Å². The van der Waals surface area contributed by atoms with Crippen LogP contribution < -0.4 is 0 Å². The summed E-state index contributed by atoms with van der Waals surface area (Å²) >= 11 is 0. The van der Waals surface area contributed by atoms with Gasteiger partial charge in [-0.3, -0.25) is 4.98 Å². The third-order valence-corrected chi connectivity index (χ3v) is 7.77. The zero-order valence-electron chi connectivity index (χ0n) is 19.3. The first kappa shape index (κ1) is 19.7. The third-order valence-electron chi connectivity index (χ3n) is 7.77. The van der Waals surface area contributed by atoms with Gasteiger partial charge in [-0.15, -0.1) is 0 Å². The quantitative estimate of drug-likeness (QED) is 0.269. The minimum Gasteiger partial charge on any atom is -0.251 e. The third kappa shape index (κ3) is 2.97. The van der Waals surface area contributed by atoms with E-state index in [0.29, 0.717) is 5.92 Å². The van der Waals surface area contributed by atoms with Gasteiger partial charge < -0.3 is 0 Å². The van der Waals surface area contributed by atoms with Crippen LogP contribution in [0.3, 0.4) is 0 Å². The van der Waals surface area contributed by atoms with Gasteiger partial charge in [0.2, 0.25) is 0 Å². The highest BCUT2D eigenvalue weighted by Gasteiger charge is 2.32. The van der Waals surface area contributed by atoms with E-state index in [0.717, 1.165) is 5.69 Å². The van der Waals surface area contributed by atoms with Crippen molar-refractivity contribution >= 4 is 10.8 Å². The van der Waals surface area contributed by atoms with E-state index in [1.54, 1.807) is 0 Å². The lowest BCUT2D eigenvalue weighted by atomic mass is 9.80. The molecule has 4 aromatic carbocycles. The molecule has 1 aromatic heterocycles. The fraction of sp³-hybridized carbons (Fsp3) is 0.182. The number of fused-ring (bicyclic) bond motifs is 3. The second kappa shape index (κ2) is 7.95. The Balaban J connectivity index is 1.65. The van der Waals surface area contributed by atoms with E-state index in [9.17, 15) is 0 Å². The second-order valence-electron chi connectivity index (χ2n) is 9.75. The van der Waals surface area contributed by atoms with E-state index < -0.39 is 0 Å². The Hall–Kier alpha value is -3.71. The Bertz CT molecular complexity index is 1500. The predicted octanol–water partition coefficient (Wildman–Crippen LogP) is 9.26. The summed E-state index contributed by atoms with van der Waals surface area (Å²) in [5, 5.41) is 2.68. The van der Waals surface area contributed by atoms with Crippen LogP contribution in [0.5, 0.6) is 0 Å². The summed E-state index contributed by atoms with van der Waals surface area (Å²) in [7, 11) is 0. The van der Waals surface area contributed by atoms with E-state index in [2.05, 4.69) is 97.1 Å². The van der Waals surface area contributed by atoms with Gasteiger partial charge in [0.1, 0.15) is 0 Å². The van der Waals surface area contributed by atoms with Crippen molar-refractivity contribution < 1.29 is 0 Å². The molecule has 1 heterocycles. The van der Waals surface area contributed by atoms with Gasteiger partial charge in [0.25, 0.3) is 0 Å². The van der Waals surface area contributed by atoms with Gasteiger partial charge in [-0.05, 0) is 40.3 Å². The summed E-state index contributed by atoms with van der Waals surface area (Å²) < 4.78 is 0. The Morgan fingerprint density at radius 3 is 1.82 bits per heavy atom. The number of pyridine rings is 1. The van der Waals surface area contributed by atoms with Crippen molar-refractivity contribution in [3.8, 4) is 44.6 Å². The first-order valence-corrected chi connectivity index (χ1v) is 12.6. The zero-order valence-corrected chi connectivity index (χ0v) is 19.3. The summed E-state index contributed by atoms with van der Waals surface area (Å²) in [6.45, 7) is 0. The summed E-state index contributed by atoms with van der Waals surface area (Å²) in [6.07, 6.45) is 6.41. The highest BCUT2D eigenvalue weighted by Crippen LogP contribution is 2.56. The standard InChI is InChI=1S/C33H27N/c1-4-12-23(13-5-1)29-30-26-20-10-18-22-19-11-21-27(28(22)26)31(30)33(25-16-8-3-9-17-25)34-32(29)24-14-6-2-7-15-24/h1,3-5,8-13,16-21,24H,2,6-7,14-15H2. The molecule has 0 atom stereocenters. The lowest BCUT2D eigenvalue weighted by Crippen LogP contribution is -2.10. The van der Waals surface area contributed by atoms with Crippen molar-refractivity contribution in [2.24, 2.45) is 0 Å². The maximum absolute atomic E-state index is 5.58. The monoisotopic (exact) mass is 437 g/mol. The van der Waals surface area contributed by atoms with Crippen molar-refractivity contribution in [3.05, 3.63) is 103 Å². The topological polar surface area (TPSA) is 12.9 Å². The second-order valence-corrected chi connectivity index (χ2v) is 9.75. The van der Waals surface area contributed by atoms with Gasteiger partial charge in [-0.1, -0.05) is 116 Å². The molecule has 1 saturated carbocycles. The van der Waals surface area contributed by atoms with Crippen LogP contribution in [0.15, 0.2) is 97.1 Å². The summed E-state index contributed by atoms with van der Waals surface area (Å²) in [5.74, 6) is 0.514. The average molecular weight is 438 g/mol. The van der Waals surface area contributed by atoms with Crippen LogP contribution in [-0.4, -0.2) is 4.98 Å². The molecule has 0 N–H and O–H groups in total. The van der Waals surface area contributed by atoms with Crippen LogP contribution >= 0.6 is 0 Å². The van der Waals surface area contributed by atoms with Gasteiger partial charge in [0, 0.05) is 28.2 Å². The number of hydrogen-bond acceptors (Lipinski definition) is 1. The summed E-state index contributed by atoms with van der Waals surface area (Å²) in [4.78, 5) is 5.58. The van der Waals surface area contributed by atoms with E-state index >= 15 is 0 Å². The Labute approximate surface area is 201 Å². The van der Waals surface area contributed by atoms with Crippen molar-refractivity contribution in [2.45, 2.75) is 38.0 Å². The SMILES string of the molecule is c1ccc(-c2nc(C3CCCCC3)c(-c3ccccc3)c3c2-c2cccc4cccc-3c24)cc1. The van der Waals surface area contributed by atoms with Crippen LogP contribution in [-0.2, 0) is 0 Å². The maximum Gasteiger partial charge on any atom is 0.0790 e. The highest BCUT2D eigenvalue weighted by molar-refractivity contribution is 6.20. The largest absolute Gasteiger partial charge is 0.251 e. The molecule has 0 amide bonds. The number of rotatable bonds is 3. The fourth-order valence-electron chi connectivity index (χ4n) is 6.27. The van der Waals surface area contributed by atoms with Gasteiger partial charge in [-0.25, -0.2) is 0 Å². The number of hydrogen-bond donors (Lipinski definition) is 0. The van der Waals surface area contributed by atoms with Gasteiger partial charge in [-0.2, -0.15) is 0 Å². The first-order chi connectivity index (χ1) is 16.9. The highest BCUT2D eigenvalue weighted by atomic mass is 14.7. The molecule has 1 nitrogen and oxygen atoms in total. The maximum atomic E-state index is 5.58. The van der Waals surface area contributed by atoms with Crippen molar-refractivity contribution in [3.63, 3.8) is 0 Å². The molecular formula is C33H27N. The molecule has 7 rings (SSSR count). The van der Waals surface area contributed by atoms with Gasteiger partial charge in [0.05, 0.1) is 11.4 Å². The Kier molecular flexibility index (Phi) is 4.62. The minimum absolute atomic E-state index is 0.514. The minimum atomic E-state index is 0.514. The van der Waals surface area contributed by atoms with E-state index in [1.165, 1.54) is 87.5 Å². The number of aromatic nitrogens is 1. The molecule has 2 aliphatic rings. The molecule has 34 heavy (non-hydrogen) atoms. The number of nitrogens with zero attached hydrogens (tertiary/aromatic N) is 1. The summed E-state index contributed by atoms with van der Waals surface area (Å²) in [5.41, 5.74) is 11.7. The zero-order chi connectivity index (χ0) is 22.5. The molecule has 0 aliphatic heterocycles. The van der Waals surface area contributed by atoms with Gasteiger partial charge in [0.15, 0.2) is 0 Å². The number of benzene rings is 4. The molecule has 0 radical (unpaired) electrons. The molecule has 0 bridgehead atoms. The Morgan fingerprint density at radius 1 is 0.529 bits per heavy atom. The van der Waals surface area contributed by atoms with E-state index in [-0.39, 0.29) is 0 Å². The van der Waals surface area contributed by atoms with Crippen LogP contribution in [0.25, 0.3) is 55.4 Å².